The molecule has 0 saturated heterocycles. The quantitative estimate of drug-likeness (QED) is 0.747. The van der Waals surface area contributed by atoms with Gasteiger partial charge in [-0.2, -0.15) is 0 Å². The molecule has 0 unspecified atom stereocenters. The molecule has 1 aromatic carbocycles. The lowest BCUT2D eigenvalue weighted by Crippen LogP contribution is -2.40. The van der Waals surface area contributed by atoms with Gasteiger partial charge in [-0.1, -0.05) is 6.07 Å². The minimum Gasteiger partial charge on any atom is -0.349 e. The number of nitrogens with one attached hydrogen (secondary N) is 1. The molecule has 2 nitrogen and oxygen atoms in total. The molecule has 3 heteroatoms. The predicted octanol–water partition coefficient (Wildman–Crippen LogP) is 2.52. The van der Waals surface area contributed by atoms with Crippen LogP contribution in [-0.2, 0) is 6.54 Å². The zero-order chi connectivity index (χ0) is 10.4. The van der Waals surface area contributed by atoms with E-state index in [1.807, 2.05) is 0 Å². The number of hydrogen-bond donors (Lipinski definition) is 1. The molecule has 0 bridgehead atoms. The summed E-state index contributed by atoms with van der Waals surface area (Å²) in [6.45, 7) is 0.791. The number of benzene rings is 1. The van der Waals surface area contributed by atoms with Crippen molar-refractivity contribution >= 4 is 5.84 Å². The Labute approximate surface area is 88.2 Å². The lowest BCUT2D eigenvalue weighted by atomic mass is 9.92. The van der Waals surface area contributed by atoms with Crippen LogP contribution < -0.4 is 0 Å². The van der Waals surface area contributed by atoms with Crippen LogP contribution in [-0.4, -0.2) is 16.8 Å². The summed E-state index contributed by atoms with van der Waals surface area (Å²) in [5.74, 6) is 0.267. The molecular weight excluding hydrogens is 191 g/mol. The predicted molar refractivity (Wildman–Crippen MR) is 56.4 cm³/mol. The molecule has 78 valence electrons. The summed E-state index contributed by atoms with van der Waals surface area (Å²) in [7, 11) is 0. The molecule has 1 heterocycles. The van der Waals surface area contributed by atoms with Gasteiger partial charge in [0.25, 0.3) is 0 Å². The summed E-state index contributed by atoms with van der Waals surface area (Å²) >= 11 is 0. The molecule has 0 aromatic heterocycles. The molecule has 0 spiro atoms. The second-order valence-electron chi connectivity index (χ2n) is 4.36. The van der Waals surface area contributed by atoms with Crippen LogP contribution in [0.4, 0.5) is 4.39 Å². The Morgan fingerprint density at radius 2 is 2.13 bits per heavy atom. The first-order chi connectivity index (χ1) is 7.25. The minimum absolute atomic E-state index is 0.242. The van der Waals surface area contributed by atoms with Gasteiger partial charge in [0, 0.05) is 18.2 Å². The van der Waals surface area contributed by atoms with Gasteiger partial charge >= 0.3 is 0 Å². The average molecular weight is 204 g/mol. The third-order valence-electron chi connectivity index (χ3n) is 3.47. The number of halogens is 1. The molecule has 1 aliphatic heterocycles. The van der Waals surface area contributed by atoms with E-state index in [-0.39, 0.29) is 5.82 Å². The Morgan fingerprint density at radius 1 is 1.33 bits per heavy atom. The Kier molecular flexibility index (Phi) is 1.81. The molecule has 0 radical (unpaired) electrons. The lowest BCUT2D eigenvalue weighted by molar-refractivity contribution is 0.209. The lowest BCUT2D eigenvalue weighted by Gasteiger charge is -2.35. The Balaban J connectivity index is 1.94. The Morgan fingerprint density at radius 3 is 2.80 bits per heavy atom. The summed E-state index contributed by atoms with van der Waals surface area (Å²) in [6, 6.07) is 5.29. The minimum atomic E-state index is -0.242. The van der Waals surface area contributed by atoms with Crippen molar-refractivity contribution in [3.63, 3.8) is 0 Å². The largest absolute Gasteiger partial charge is 0.349 e. The normalized spacial score (nSPS) is 20.3. The van der Waals surface area contributed by atoms with Gasteiger partial charge in [0.15, 0.2) is 0 Å². The summed E-state index contributed by atoms with van der Waals surface area (Å²) in [5.41, 5.74) is 1.87. The van der Waals surface area contributed by atoms with E-state index in [2.05, 4.69) is 4.90 Å². The van der Waals surface area contributed by atoms with E-state index < -0.39 is 0 Å². The molecule has 1 saturated carbocycles. The summed E-state index contributed by atoms with van der Waals surface area (Å²) in [4.78, 5) is 2.10. The fourth-order valence-corrected chi connectivity index (χ4v) is 2.33. The maximum absolute atomic E-state index is 13.0. The summed E-state index contributed by atoms with van der Waals surface area (Å²) in [5, 5.41) is 8.01. The van der Waals surface area contributed by atoms with Crippen molar-refractivity contribution in [1.29, 1.82) is 5.41 Å². The first-order valence-corrected chi connectivity index (χ1v) is 5.40. The zero-order valence-corrected chi connectivity index (χ0v) is 8.46. The molecule has 3 rings (SSSR count). The van der Waals surface area contributed by atoms with Crippen LogP contribution in [0, 0.1) is 11.2 Å². The highest BCUT2D eigenvalue weighted by Crippen LogP contribution is 2.32. The fraction of sp³-hybridized carbons (Fsp3) is 0.417. The van der Waals surface area contributed by atoms with Gasteiger partial charge in [0.05, 0.1) is 0 Å². The molecule has 1 fully saturated rings. The standard InChI is InChI=1S/C12H13FN2/c13-9-5-4-8-7-15(10-2-1-3-10)12(14)11(8)6-9/h4-6,10,14H,1-3,7H2. The number of nitrogens with zero attached hydrogens (tertiary/aromatic N) is 1. The van der Waals surface area contributed by atoms with Crippen LogP contribution >= 0.6 is 0 Å². The molecule has 2 aliphatic rings. The van der Waals surface area contributed by atoms with Crippen LogP contribution in [0.2, 0.25) is 0 Å². The highest BCUT2D eigenvalue weighted by atomic mass is 19.1. The van der Waals surface area contributed by atoms with E-state index in [9.17, 15) is 4.39 Å². The second-order valence-corrected chi connectivity index (χ2v) is 4.36. The SMILES string of the molecule is N=C1c2cc(F)ccc2CN1C1CCC1. The van der Waals surface area contributed by atoms with E-state index in [0.29, 0.717) is 11.9 Å². The number of hydrogen-bond acceptors (Lipinski definition) is 1. The maximum atomic E-state index is 13.0. The monoisotopic (exact) mass is 204 g/mol. The van der Waals surface area contributed by atoms with Crippen molar-refractivity contribution in [2.75, 3.05) is 0 Å². The van der Waals surface area contributed by atoms with Crippen molar-refractivity contribution in [2.24, 2.45) is 0 Å². The zero-order valence-electron chi connectivity index (χ0n) is 8.46. The van der Waals surface area contributed by atoms with Gasteiger partial charge in [-0.15, -0.1) is 0 Å². The second kappa shape index (κ2) is 3.05. The number of amidine groups is 1. The van der Waals surface area contributed by atoms with Crippen molar-refractivity contribution in [3.05, 3.63) is 35.1 Å². The smallest absolute Gasteiger partial charge is 0.129 e. The molecule has 0 atom stereocenters. The third-order valence-corrected chi connectivity index (χ3v) is 3.47. The van der Waals surface area contributed by atoms with Gasteiger partial charge in [-0.3, -0.25) is 5.41 Å². The van der Waals surface area contributed by atoms with Gasteiger partial charge < -0.3 is 4.90 Å². The molecule has 1 aliphatic carbocycles. The van der Waals surface area contributed by atoms with E-state index in [1.54, 1.807) is 6.07 Å². The topological polar surface area (TPSA) is 27.1 Å². The molecule has 1 N–H and O–H groups in total. The molecule has 0 amide bonds. The van der Waals surface area contributed by atoms with Crippen LogP contribution in [0.3, 0.4) is 0 Å². The van der Waals surface area contributed by atoms with E-state index in [4.69, 9.17) is 5.41 Å². The third kappa shape index (κ3) is 1.26. The average Bonchev–Trinajstić information content (AvgIpc) is 2.43. The van der Waals surface area contributed by atoms with Crippen molar-refractivity contribution in [1.82, 2.24) is 4.90 Å². The Bertz CT molecular complexity index is 424. The molecular formula is C12H13FN2. The first kappa shape index (κ1) is 8.89. The van der Waals surface area contributed by atoms with Crippen molar-refractivity contribution in [3.8, 4) is 0 Å². The van der Waals surface area contributed by atoms with Gasteiger partial charge in [-0.05, 0) is 37.0 Å². The molecule has 1 aromatic rings. The van der Waals surface area contributed by atoms with E-state index >= 15 is 0 Å². The van der Waals surface area contributed by atoms with Crippen LogP contribution in [0.15, 0.2) is 18.2 Å². The van der Waals surface area contributed by atoms with Crippen LogP contribution in [0.1, 0.15) is 30.4 Å². The van der Waals surface area contributed by atoms with Crippen LogP contribution in [0.25, 0.3) is 0 Å². The summed E-state index contributed by atoms with van der Waals surface area (Å²) < 4.78 is 13.0. The summed E-state index contributed by atoms with van der Waals surface area (Å²) in [6.07, 6.45) is 3.62. The van der Waals surface area contributed by atoms with Crippen molar-refractivity contribution < 1.29 is 4.39 Å². The van der Waals surface area contributed by atoms with E-state index in [1.165, 1.54) is 31.4 Å². The highest BCUT2D eigenvalue weighted by Gasteiger charge is 2.33. The fourth-order valence-electron chi connectivity index (χ4n) is 2.33. The molecule has 15 heavy (non-hydrogen) atoms. The number of rotatable bonds is 1. The van der Waals surface area contributed by atoms with Gasteiger partial charge in [0.2, 0.25) is 0 Å². The maximum Gasteiger partial charge on any atom is 0.129 e. The number of fused-ring (bicyclic) bond motifs is 1. The van der Waals surface area contributed by atoms with Gasteiger partial charge in [0.1, 0.15) is 11.7 Å². The van der Waals surface area contributed by atoms with Crippen LogP contribution in [0.5, 0.6) is 0 Å². The van der Waals surface area contributed by atoms with Gasteiger partial charge in [-0.25, -0.2) is 4.39 Å². The Hall–Kier alpha value is -1.38. The van der Waals surface area contributed by atoms with E-state index in [0.717, 1.165) is 17.7 Å². The highest BCUT2D eigenvalue weighted by molar-refractivity contribution is 6.00. The first-order valence-electron chi connectivity index (χ1n) is 5.40. The van der Waals surface area contributed by atoms with Crippen molar-refractivity contribution in [2.45, 2.75) is 31.8 Å².